The van der Waals surface area contributed by atoms with Crippen LogP contribution in [0.1, 0.15) is 138 Å². The van der Waals surface area contributed by atoms with Crippen molar-refractivity contribution >= 4 is 49.3 Å². The number of carbonyl (C=O) groups is 4. The molecule has 8 fully saturated rings. The van der Waals surface area contributed by atoms with Crippen LogP contribution < -0.4 is 21.6 Å². The predicted molar refractivity (Wildman–Crippen MR) is 260 cm³/mol. The molecule has 0 spiro atoms. The van der Waals surface area contributed by atoms with Crippen molar-refractivity contribution in [2.45, 2.75) is 162 Å². The number of ether oxygens (including phenoxy) is 3. The minimum Gasteiger partial charge on any atom is -0.479 e. The monoisotopic (exact) mass is 949 g/mol. The molecule has 8 aliphatic rings. The number of amides is 2. The molecule has 6 aliphatic carbocycles. The Bertz CT molecular complexity index is 2390. The topological polar surface area (TPSA) is 177 Å². The van der Waals surface area contributed by atoms with E-state index in [0.29, 0.717) is 34.8 Å². The van der Waals surface area contributed by atoms with Gasteiger partial charge in [-0.1, -0.05) is 107 Å². The summed E-state index contributed by atoms with van der Waals surface area (Å²) in [6.07, 6.45) is 3.10. The second-order valence-corrected chi connectivity index (χ2v) is 23.5. The largest absolute Gasteiger partial charge is 0.494 e. The van der Waals surface area contributed by atoms with E-state index in [2.05, 4.69) is 52.2 Å². The van der Waals surface area contributed by atoms with Gasteiger partial charge in [-0.2, -0.15) is 0 Å². The molecular weight excluding hydrogens is 878 g/mol. The van der Waals surface area contributed by atoms with Gasteiger partial charge in [0.1, 0.15) is 17.8 Å². The zero-order chi connectivity index (χ0) is 50.1. The lowest BCUT2D eigenvalue weighted by Crippen LogP contribution is -2.65. The minimum absolute atomic E-state index is 0.0783. The summed E-state index contributed by atoms with van der Waals surface area (Å²) in [6, 6.07) is 21.6. The third kappa shape index (κ3) is 10.2. The lowest BCUT2D eigenvalue weighted by Gasteiger charge is -2.64. The number of rotatable bonds is 10. The zero-order valence-electron chi connectivity index (χ0n) is 42.3. The molecule has 2 aliphatic heterocycles. The van der Waals surface area contributed by atoms with Crippen molar-refractivity contribution in [3.8, 4) is 0 Å². The fraction of sp³-hybridized carbons (Fsp3) is 0.585. The molecule has 14 nitrogen and oxygen atoms in total. The SMILES string of the molecule is CC(C)(C)OC(=O)NC(C(=O)O)c1ccc(B2OC3C[C@@H]4C[C@@H](C4(C)C)[C@]3(C)O2)cc1.CC(C)(C)OC(=O)NC(C(=O)OCc1ccccc1)c1ccc(B2OC3C[C@@H]4C[C@@H](C4(C)C)[C@]3(C)O2)cc1. The van der Waals surface area contributed by atoms with Crippen molar-refractivity contribution in [2.75, 3.05) is 0 Å². The van der Waals surface area contributed by atoms with Gasteiger partial charge in [0.15, 0.2) is 12.1 Å². The van der Waals surface area contributed by atoms with E-state index < -0.39 is 61.6 Å². The number of aliphatic carboxylic acids is 1. The highest BCUT2D eigenvalue weighted by Gasteiger charge is 2.69. The van der Waals surface area contributed by atoms with Gasteiger partial charge in [-0.05, 0) is 143 Å². The van der Waals surface area contributed by atoms with Crippen LogP contribution in [0.15, 0.2) is 78.9 Å². The quantitative estimate of drug-likeness (QED) is 0.101. The van der Waals surface area contributed by atoms with Gasteiger partial charge in [-0.25, -0.2) is 19.2 Å². The maximum Gasteiger partial charge on any atom is 0.494 e. The first-order valence-corrected chi connectivity index (χ1v) is 24.5. The molecule has 3 aromatic rings. The van der Waals surface area contributed by atoms with Crippen LogP contribution in [0.2, 0.25) is 0 Å². The first-order chi connectivity index (χ1) is 32.2. The number of hydrogen-bond acceptors (Lipinski definition) is 11. The Labute approximate surface area is 407 Å². The second-order valence-electron chi connectivity index (χ2n) is 23.5. The second kappa shape index (κ2) is 18.4. The zero-order valence-corrected chi connectivity index (χ0v) is 42.3. The van der Waals surface area contributed by atoms with Crippen molar-refractivity contribution in [2.24, 2.45) is 34.5 Å². The van der Waals surface area contributed by atoms with Crippen LogP contribution in [0.3, 0.4) is 0 Å². The summed E-state index contributed by atoms with van der Waals surface area (Å²) in [4.78, 5) is 49.5. The first kappa shape index (κ1) is 50.5. The summed E-state index contributed by atoms with van der Waals surface area (Å²) in [6.45, 7) is 24.3. The fourth-order valence-corrected chi connectivity index (χ4v) is 11.9. The van der Waals surface area contributed by atoms with Crippen molar-refractivity contribution < 1.29 is 57.1 Å². The fourth-order valence-electron chi connectivity index (χ4n) is 11.9. The Morgan fingerprint density at radius 3 is 1.42 bits per heavy atom. The molecule has 6 saturated carbocycles. The van der Waals surface area contributed by atoms with E-state index in [4.69, 9.17) is 32.8 Å². The maximum atomic E-state index is 13.1. The molecule has 69 heavy (non-hydrogen) atoms. The van der Waals surface area contributed by atoms with Gasteiger partial charge < -0.3 is 48.6 Å². The summed E-state index contributed by atoms with van der Waals surface area (Å²) in [5.74, 6) is 0.577. The van der Waals surface area contributed by atoms with Crippen LogP contribution in [0.25, 0.3) is 0 Å². The Balaban J connectivity index is 0.000000190. The Morgan fingerprint density at radius 2 is 1.03 bits per heavy atom. The van der Waals surface area contributed by atoms with E-state index in [0.717, 1.165) is 29.3 Å². The lowest BCUT2D eigenvalue weighted by molar-refractivity contribution is -0.199. The number of carbonyl (C=O) groups excluding carboxylic acids is 3. The first-order valence-electron chi connectivity index (χ1n) is 24.5. The van der Waals surface area contributed by atoms with Crippen molar-refractivity contribution in [3.63, 3.8) is 0 Å². The van der Waals surface area contributed by atoms with Gasteiger partial charge in [0.25, 0.3) is 0 Å². The van der Waals surface area contributed by atoms with E-state index in [1.165, 1.54) is 12.8 Å². The average molecular weight is 949 g/mol. The van der Waals surface area contributed by atoms with E-state index >= 15 is 0 Å². The molecule has 2 amide bonds. The molecule has 3 aromatic carbocycles. The molecule has 2 heterocycles. The highest BCUT2D eigenvalue weighted by Crippen LogP contribution is 2.66. The molecule has 370 valence electrons. The van der Waals surface area contributed by atoms with Crippen LogP contribution in [0.5, 0.6) is 0 Å². The number of benzene rings is 3. The standard InChI is InChI=1S/C30H38BNO6.C23H32BNO6/c1-28(2,3)36-27(34)32-25(26(33)35-18-19-10-8-7-9-11-19)20-12-14-22(15-13-20)31-37-24-17-21-16-23(29(21,4)5)30(24,6)38-31;1-21(2,3)29-20(28)25-18(19(26)27)13-7-9-15(10-8-13)24-30-17-12-14-11-16(22(14,4)5)23(17,6)31-24/h7-15,21,23-25H,16-18H2,1-6H3,(H,32,34);7-10,14,16-18H,11-12H2,1-6H3,(H,25,28)(H,26,27)/t21-,23-,24?,25?,30-;14-,16-,17?,18?,23-/m00/s1. The molecule has 4 bridgehead atoms. The molecule has 11 rings (SSSR count). The average Bonchev–Trinajstić information content (AvgIpc) is 3.83. The molecule has 3 N–H and O–H groups in total. The van der Waals surface area contributed by atoms with Gasteiger partial charge >= 0.3 is 38.4 Å². The van der Waals surface area contributed by atoms with Gasteiger partial charge in [-0.15, -0.1) is 0 Å². The van der Waals surface area contributed by atoms with Crippen LogP contribution >= 0.6 is 0 Å². The molecule has 16 heteroatoms. The number of alkyl carbamates (subject to hydrolysis) is 2. The summed E-state index contributed by atoms with van der Waals surface area (Å²) in [5.41, 5.74) is 2.15. The summed E-state index contributed by atoms with van der Waals surface area (Å²) >= 11 is 0. The summed E-state index contributed by atoms with van der Waals surface area (Å²) in [5, 5.41) is 14.7. The molecule has 4 unspecified atom stereocenters. The van der Waals surface area contributed by atoms with Crippen molar-refractivity contribution in [1.82, 2.24) is 10.6 Å². The lowest BCUT2D eigenvalue weighted by atomic mass is 9.43. The van der Waals surface area contributed by atoms with Crippen LogP contribution in [0.4, 0.5) is 9.59 Å². The Hall–Kier alpha value is -4.89. The van der Waals surface area contributed by atoms with Crippen molar-refractivity contribution in [1.29, 1.82) is 0 Å². The van der Waals surface area contributed by atoms with Crippen molar-refractivity contribution in [3.05, 3.63) is 95.6 Å². The number of carboxylic acid groups (broad SMARTS) is 1. The number of hydrogen-bond donors (Lipinski definition) is 3. The highest BCUT2D eigenvalue weighted by molar-refractivity contribution is 6.62. The van der Waals surface area contributed by atoms with Gasteiger partial charge in [-0.3, -0.25) is 0 Å². The number of esters is 1. The van der Waals surface area contributed by atoms with Crippen LogP contribution in [-0.4, -0.2) is 78.1 Å². The Kier molecular flexibility index (Phi) is 13.4. The molecule has 10 atom stereocenters. The number of carboxylic acids is 1. The van der Waals surface area contributed by atoms with Crippen LogP contribution in [0, 0.1) is 34.5 Å². The smallest absolute Gasteiger partial charge is 0.479 e. The van der Waals surface area contributed by atoms with Gasteiger partial charge in [0, 0.05) is 0 Å². The van der Waals surface area contributed by atoms with Gasteiger partial charge in [0.05, 0.1) is 23.4 Å². The minimum atomic E-state index is -1.21. The van der Waals surface area contributed by atoms with Gasteiger partial charge in [0.2, 0.25) is 0 Å². The van der Waals surface area contributed by atoms with E-state index in [-0.39, 0.29) is 40.8 Å². The molecular formula is C53H70B2N2O12. The van der Waals surface area contributed by atoms with E-state index in [1.807, 2.05) is 66.7 Å². The normalized spacial score (nSPS) is 29.8. The highest BCUT2D eigenvalue weighted by atomic mass is 16.7. The summed E-state index contributed by atoms with van der Waals surface area (Å²) < 4.78 is 41.9. The maximum absolute atomic E-state index is 13.1. The molecule has 0 radical (unpaired) electrons. The number of nitrogens with one attached hydrogen (secondary N) is 2. The Morgan fingerprint density at radius 1 is 0.623 bits per heavy atom. The summed E-state index contributed by atoms with van der Waals surface area (Å²) in [7, 11) is -0.933. The third-order valence-electron chi connectivity index (χ3n) is 16.0. The third-order valence-corrected chi connectivity index (χ3v) is 16.0. The van der Waals surface area contributed by atoms with Crippen LogP contribution in [-0.2, 0) is 49.0 Å². The van der Waals surface area contributed by atoms with E-state index in [1.54, 1.807) is 53.7 Å². The predicted octanol–water partition coefficient (Wildman–Crippen LogP) is 8.20. The molecule has 2 saturated heterocycles. The molecule has 0 aromatic heterocycles. The van der Waals surface area contributed by atoms with E-state index in [9.17, 15) is 24.3 Å².